The summed E-state index contributed by atoms with van der Waals surface area (Å²) in [5.74, 6) is 1.94. The fourth-order valence-corrected chi connectivity index (χ4v) is 4.09. The highest BCUT2D eigenvalue weighted by Crippen LogP contribution is 2.28. The number of hydrogen-bond acceptors (Lipinski definition) is 5. The first-order chi connectivity index (χ1) is 19.7. The summed E-state index contributed by atoms with van der Waals surface area (Å²) in [4.78, 5) is 16.2. The lowest BCUT2D eigenvalue weighted by atomic mass is 9.93. The van der Waals surface area contributed by atoms with Crippen LogP contribution in [0.25, 0.3) is 0 Å². The van der Waals surface area contributed by atoms with Crippen LogP contribution in [0.4, 0.5) is 23.2 Å². The predicted molar refractivity (Wildman–Crippen MR) is 139 cm³/mol. The number of rotatable bonds is 7. The first-order valence-electron chi connectivity index (χ1n) is 12.1. The predicted octanol–water partition coefficient (Wildman–Crippen LogP) is 4.27. The van der Waals surface area contributed by atoms with Crippen molar-refractivity contribution < 1.29 is 27.5 Å². The van der Waals surface area contributed by atoms with Gasteiger partial charge in [-0.3, -0.25) is 9.48 Å². The Bertz CT molecular complexity index is 1760. The molecule has 8 nitrogen and oxygen atoms in total. The summed E-state index contributed by atoms with van der Waals surface area (Å²) in [7, 11) is 0. The quantitative estimate of drug-likeness (QED) is 0.229. The van der Waals surface area contributed by atoms with E-state index in [-0.39, 0.29) is 29.9 Å². The van der Waals surface area contributed by atoms with Crippen molar-refractivity contribution in [1.82, 2.24) is 24.5 Å². The normalized spacial score (nSPS) is 12.3. The molecule has 12 heteroatoms. The monoisotopic (exact) mass is 560 g/mol. The lowest BCUT2D eigenvalue weighted by molar-refractivity contribution is -0.00847. The van der Waals surface area contributed by atoms with Gasteiger partial charge in [0.05, 0.1) is 30.5 Å². The number of carbonyl (C=O) groups excluding carboxylic acids is 1. The number of aliphatic hydroxyl groups is 1. The molecule has 1 atom stereocenters. The van der Waals surface area contributed by atoms with Crippen LogP contribution < -0.4 is 5.32 Å². The molecule has 3 aromatic carbocycles. The molecule has 0 saturated carbocycles. The second-order valence-electron chi connectivity index (χ2n) is 9.08. The molecule has 0 bridgehead atoms. The number of amides is 1. The smallest absolute Gasteiger partial charge is 0.255 e. The Kier molecular flexibility index (Phi) is 7.62. The molecule has 0 aliphatic heterocycles. The van der Waals surface area contributed by atoms with Gasteiger partial charge in [0.25, 0.3) is 5.91 Å². The van der Waals surface area contributed by atoms with Crippen LogP contribution >= 0.6 is 0 Å². The summed E-state index contributed by atoms with van der Waals surface area (Å²) in [5.41, 5.74) is -0.835. The van der Waals surface area contributed by atoms with E-state index in [0.29, 0.717) is 23.3 Å². The molecule has 206 valence electrons. The van der Waals surface area contributed by atoms with E-state index >= 15 is 0 Å². The molecule has 5 rings (SSSR count). The largest absolute Gasteiger partial charge is 0.381 e. The van der Waals surface area contributed by atoms with Gasteiger partial charge in [-0.25, -0.2) is 27.2 Å². The molecule has 0 aliphatic carbocycles. The van der Waals surface area contributed by atoms with Gasteiger partial charge in [0.15, 0.2) is 0 Å². The summed E-state index contributed by atoms with van der Waals surface area (Å²) >= 11 is 0. The van der Waals surface area contributed by atoms with Crippen LogP contribution in [0.3, 0.4) is 0 Å². The summed E-state index contributed by atoms with van der Waals surface area (Å²) in [5, 5.41) is 22.0. The molecule has 41 heavy (non-hydrogen) atoms. The van der Waals surface area contributed by atoms with Gasteiger partial charge < -0.3 is 10.4 Å². The summed E-state index contributed by atoms with van der Waals surface area (Å²) in [6.07, 6.45) is 5.65. The van der Waals surface area contributed by atoms with E-state index in [9.17, 15) is 27.5 Å². The number of halogens is 4. The lowest BCUT2D eigenvalue weighted by Gasteiger charge is -2.28. The lowest BCUT2D eigenvalue weighted by Crippen LogP contribution is -2.37. The van der Waals surface area contributed by atoms with Gasteiger partial charge in [0.1, 0.15) is 41.5 Å². The minimum Gasteiger partial charge on any atom is -0.381 e. The standard InChI is InChI=1S/C29H20F4N6O2/c30-22-7-9-24(25(32)11-22)29(41,16-39-18-34-17-36-39)15-38-14-20(13-35-38)2-1-19-3-5-21(6-4-19)28(40)37-27-10-8-23(31)12-26(27)33/h3-14,17-18,41H,15-16H2,(H,37,40). The van der Waals surface area contributed by atoms with Crippen molar-refractivity contribution in [3.63, 3.8) is 0 Å². The summed E-state index contributed by atoms with van der Waals surface area (Å²) in [6.45, 7) is -0.375. The zero-order valence-electron chi connectivity index (χ0n) is 21.1. The molecule has 0 fully saturated rings. The van der Waals surface area contributed by atoms with Crippen LogP contribution in [-0.4, -0.2) is 35.6 Å². The minimum atomic E-state index is -1.85. The van der Waals surface area contributed by atoms with E-state index in [0.717, 1.165) is 18.2 Å². The van der Waals surface area contributed by atoms with Crippen LogP contribution in [0.1, 0.15) is 27.0 Å². The highest BCUT2D eigenvalue weighted by molar-refractivity contribution is 6.04. The van der Waals surface area contributed by atoms with E-state index in [1.54, 1.807) is 18.3 Å². The molecule has 0 saturated heterocycles. The molecule has 0 aliphatic rings. The van der Waals surface area contributed by atoms with Crippen molar-refractivity contribution in [3.05, 3.63) is 131 Å². The molecule has 0 spiro atoms. The number of anilines is 1. The minimum absolute atomic E-state index is 0.135. The Hall–Kier alpha value is -5.28. The number of nitrogens with zero attached hydrogens (tertiary/aromatic N) is 5. The van der Waals surface area contributed by atoms with Gasteiger partial charge in [-0.2, -0.15) is 10.2 Å². The Morgan fingerprint density at radius 3 is 2.22 bits per heavy atom. The second kappa shape index (κ2) is 11.4. The van der Waals surface area contributed by atoms with Crippen molar-refractivity contribution in [3.8, 4) is 11.8 Å². The fourth-order valence-electron chi connectivity index (χ4n) is 4.09. The van der Waals surface area contributed by atoms with Gasteiger partial charge >= 0.3 is 0 Å². The molecule has 1 amide bonds. The Morgan fingerprint density at radius 1 is 0.854 bits per heavy atom. The van der Waals surface area contributed by atoms with Gasteiger partial charge in [0.2, 0.25) is 0 Å². The maximum Gasteiger partial charge on any atom is 0.255 e. The van der Waals surface area contributed by atoms with Gasteiger partial charge in [0, 0.05) is 35.0 Å². The van der Waals surface area contributed by atoms with E-state index in [2.05, 4.69) is 32.3 Å². The van der Waals surface area contributed by atoms with E-state index in [1.807, 2.05) is 0 Å². The highest BCUT2D eigenvalue weighted by Gasteiger charge is 2.34. The number of nitrogens with one attached hydrogen (secondary N) is 1. The third-order valence-corrected chi connectivity index (χ3v) is 6.06. The molecule has 5 aromatic rings. The Labute approximate surface area is 230 Å². The van der Waals surface area contributed by atoms with Gasteiger partial charge in [-0.15, -0.1) is 0 Å². The van der Waals surface area contributed by atoms with Gasteiger partial charge in [-0.05, 0) is 42.5 Å². The van der Waals surface area contributed by atoms with Crippen LogP contribution in [0.5, 0.6) is 0 Å². The molecule has 1 unspecified atom stereocenters. The Balaban J connectivity index is 1.29. The van der Waals surface area contributed by atoms with Crippen molar-refractivity contribution in [2.45, 2.75) is 18.7 Å². The zero-order valence-corrected chi connectivity index (χ0v) is 21.1. The highest BCUT2D eigenvalue weighted by atomic mass is 19.1. The second-order valence-corrected chi connectivity index (χ2v) is 9.08. The van der Waals surface area contributed by atoms with E-state index in [1.165, 1.54) is 46.4 Å². The van der Waals surface area contributed by atoms with Crippen molar-refractivity contribution in [1.29, 1.82) is 0 Å². The first-order valence-corrected chi connectivity index (χ1v) is 12.1. The summed E-state index contributed by atoms with van der Waals surface area (Å²) < 4.78 is 57.8. The Morgan fingerprint density at radius 2 is 1.54 bits per heavy atom. The zero-order chi connectivity index (χ0) is 29.0. The number of hydrogen-bond donors (Lipinski definition) is 2. The molecule has 2 aromatic heterocycles. The first kappa shape index (κ1) is 27.3. The third kappa shape index (κ3) is 6.48. The van der Waals surface area contributed by atoms with Crippen LogP contribution in [0.2, 0.25) is 0 Å². The molecular formula is C29H20F4N6O2. The van der Waals surface area contributed by atoms with Gasteiger partial charge in [-0.1, -0.05) is 17.9 Å². The third-order valence-electron chi connectivity index (χ3n) is 6.06. The number of carbonyl (C=O) groups is 1. The van der Waals surface area contributed by atoms with E-state index in [4.69, 9.17) is 0 Å². The average Bonchev–Trinajstić information content (AvgIpc) is 3.61. The topological polar surface area (TPSA) is 97.9 Å². The van der Waals surface area contributed by atoms with Crippen molar-refractivity contribution >= 4 is 11.6 Å². The van der Waals surface area contributed by atoms with Crippen molar-refractivity contribution in [2.75, 3.05) is 5.32 Å². The SMILES string of the molecule is O=C(Nc1ccc(F)cc1F)c1ccc(C#Cc2cnn(CC(O)(Cn3cncn3)c3ccc(F)cc3F)c2)cc1. The average molecular weight is 561 g/mol. The number of benzene rings is 3. The maximum atomic E-state index is 14.7. The molecular weight excluding hydrogens is 540 g/mol. The number of aromatic nitrogens is 5. The van der Waals surface area contributed by atoms with Crippen LogP contribution in [-0.2, 0) is 18.7 Å². The van der Waals surface area contributed by atoms with E-state index < -0.39 is 34.8 Å². The van der Waals surface area contributed by atoms with Crippen molar-refractivity contribution in [2.24, 2.45) is 0 Å². The molecule has 2 N–H and O–H groups in total. The molecule has 0 radical (unpaired) electrons. The fraction of sp³-hybridized carbons (Fsp3) is 0.103. The summed E-state index contributed by atoms with van der Waals surface area (Å²) in [6, 6.07) is 12.0. The van der Waals surface area contributed by atoms with Crippen LogP contribution in [0.15, 0.2) is 85.7 Å². The molecule has 2 heterocycles. The maximum absolute atomic E-state index is 14.7. The van der Waals surface area contributed by atoms with Crippen LogP contribution in [0, 0.1) is 35.1 Å².